The van der Waals surface area contributed by atoms with Crippen molar-refractivity contribution in [2.75, 3.05) is 14.7 Å². The number of rotatable bonds is 4. The van der Waals surface area contributed by atoms with Gasteiger partial charge in [0.05, 0.1) is 16.9 Å². The maximum absolute atomic E-state index is 7.04. The molecule has 0 saturated heterocycles. The van der Waals surface area contributed by atoms with E-state index in [0.29, 0.717) is 0 Å². The zero-order valence-corrected chi connectivity index (χ0v) is 43.2. The molecular formula is C67H56BN3OS. The van der Waals surface area contributed by atoms with E-state index in [0.717, 1.165) is 34.0 Å². The summed E-state index contributed by atoms with van der Waals surface area (Å²) in [4.78, 5) is 7.95. The van der Waals surface area contributed by atoms with Gasteiger partial charge in [-0.05, 0) is 143 Å². The van der Waals surface area contributed by atoms with Crippen molar-refractivity contribution in [3.63, 3.8) is 0 Å². The second-order valence-corrected chi connectivity index (χ2v) is 23.9. The Morgan fingerprint density at radius 1 is 0.534 bits per heavy atom. The molecule has 15 rings (SSSR count). The molecule has 9 aromatic carbocycles. The average Bonchev–Trinajstić information content (AvgIpc) is 4.05. The van der Waals surface area contributed by atoms with Crippen molar-refractivity contribution < 1.29 is 4.42 Å². The standard InChI is InChI=1S/C67H56BN3OS/c1-41-36-57-63-58(37-41)70(55-24-16-22-47-46-20-10-12-25-59(46)72-64(47)55)56-40-45(71-52-33-29-44(65(2,3)4)39-49(52)66(5)34-14-15-35-67(66,71)6)30-31-50(56)68(63)51-38-43(42-18-8-7-9-19-42)28-32-53(51)69(57)54-23-17-27-61-62(54)48-21-11-13-26-60(48)73-61/h7-13,16-33,36-40H,14-15,34-35H2,1-6H3. The van der Waals surface area contributed by atoms with E-state index in [1.165, 1.54) is 123 Å². The highest BCUT2D eigenvalue weighted by atomic mass is 32.1. The van der Waals surface area contributed by atoms with Gasteiger partial charge >= 0.3 is 0 Å². The number of thiophene rings is 1. The van der Waals surface area contributed by atoms with Crippen LogP contribution in [0, 0.1) is 6.92 Å². The van der Waals surface area contributed by atoms with Crippen LogP contribution in [0.15, 0.2) is 186 Å². The zero-order chi connectivity index (χ0) is 49.1. The van der Waals surface area contributed by atoms with E-state index in [1.807, 2.05) is 11.3 Å². The van der Waals surface area contributed by atoms with Gasteiger partial charge in [-0.1, -0.05) is 156 Å². The van der Waals surface area contributed by atoms with E-state index in [4.69, 9.17) is 4.42 Å². The van der Waals surface area contributed by atoms with E-state index in [1.54, 1.807) is 0 Å². The molecule has 1 saturated carbocycles. The minimum Gasteiger partial charge on any atom is -0.454 e. The number of aryl methyl sites for hydroxylation is 1. The molecule has 0 spiro atoms. The Morgan fingerprint density at radius 2 is 1.23 bits per heavy atom. The van der Waals surface area contributed by atoms with Crippen molar-refractivity contribution in [2.24, 2.45) is 0 Å². The third kappa shape index (κ3) is 5.96. The number of para-hydroxylation sites is 2. The fourth-order valence-electron chi connectivity index (χ4n) is 14.0. The van der Waals surface area contributed by atoms with Crippen LogP contribution in [0.3, 0.4) is 0 Å². The Labute approximate surface area is 432 Å². The molecule has 1 fully saturated rings. The van der Waals surface area contributed by atoms with Crippen LogP contribution in [-0.4, -0.2) is 12.3 Å². The first-order chi connectivity index (χ1) is 35.5. The molecular weight excluding hydrogens is 906 g/mol. The van der Waals surface area contributed by atoms with Gasteiger partial charge in [-0.15, -0.1) is 11.3 Å². The van der Waals surface area contributed by atoms with E-state index in [-0.39, 0.29) is 23.1 Å². The highest BCUT2D eigenvalue weighted by Crippen LogP contribution is 2.62. The number of nitrogens with zero attached hydrogens (tertiary/aromatic N) is 3. The molecule has 1 aliphatic carbocycles. The molecule has 0 N–H and O–H groups in total. The number of anilines is 8. The van der Waals surface area contributed by atoms with Crippen LogP contribution in [0.25, 0.3) is 53.2 Å². The summed E-state index contributed by atoms with van der Waals surface area (Å²) in [6, 6.07) is 69.1. The largest absolute Gasteiger partial charge is 0.454 e. The zero-order valence-electron chi connectivity index (χ0n) is 42.4. The SMILES string of the molecule is Cc1cc2c3c(c1)N(c1cccc4sc5ccccc5c14)c1ccc(-c4ccccc4)cc1B3c1ccc(N3c4ccc(C(C)(C)C)cc4C4(C)CCCCC34C)cc1N2c1cccc2c1oc1ccccc12. The Balaban J connectivity index is 1.04. The first kappa shape index (κ1) is 43.1. The van der Waals surface area contributed by atoms with E-state index in [9.17, 15) is 0 Å². The second kappa shape index (κ2) is 15.3. The quantitative estimate of drug-likeness (QED) is 0.164. The molecule has 0 amide bonds. The fraction of sp³-hybridized carbons (Fsp3) is 0.194. The topological polar surface area (TPSA) is 22.9 Å². The van der Waals surface area contributed by atoms with Crippen molar-refractivity contribution in [2.45, 2.75) is 83.6 Å². The van der Waals surface area contributed by atoms with Gasteiger partial charge < -0.3 is 19.1 Å². The van der Waals surface area contributed by atoms with E-state index < -0.39 is 0 Å². The summed E-state index contributed by atoms with van der Waals surface area (Å²) < 4.78 is 9.64. The molecule has 4 nitrogen and oxygen atoms in total. The van der Waals surface area contributed by atoms with Crippen molar-refractivity contribution in [3.8, 4) is 11.1 Å². The number of hydrogen-bond donors (Lipinski definition) is 0. The minimum absolute atomic E-state index is 0.00778. The molecule has 5 heterocycles. The van der Waals surface area contributed by atoms with Crippen LogP contribution in [0.5, 0.6) is 0 Å². The van der Waals surface area contributed by atoms with Crippen LogP contribution < -0.4 is 31.1 Å². The first-order valence-corrected chi connectivity index (χ1v) is 27.1. The maximum Gasteiger partial charge on any atom is 0.252 e. The Bertz CT molecular complexity index is 4130. The van der Waals surface area contributed by atoms with Crippen molar-refractivity contribution >= 4 is 122 Å². The van der Waals surface area contributed by atoms with E-state index in [2.05, 4.69) is 238 Å². The third-order valence-electron chi connectivity index (χ3n) is 17.8. The summed E-state index contributed by atoms with van der Waals surface area (Å²) in [6.45, 7) is 14.4. The lowest BCUT2D eigenvalue weighted by molar-refractivity contribution is 0.195. The van der Waals surface area contributed by atoms with Gasteiger partial charge in [-0.3, -0.25) is 0 Å². The Hall–Kier alpha value is -7.54. The van der Waals surface area contributed by atoms with Crippen LogP contribution in [0.4, 0.5) is 45.5 Å². The third-order valence-corrected chi connectivity index (χ3v) is 18.9. The Morgan fingerprint density at radius 3 is 2.07 bits per heavy atom. The number of fused-ring (bicyclic) bond motifs is 13. The molecule has 354 valence electrons. The summed E-state index contributed by atoms with van der Waals surface area (Å²) in [5, 5.41) is 4.84. The normalized spacial score (nSPS) is 18.9. The number of furan rings is 1. The lowest BCUT2D eigenvalue weighted by atomic mass is 9.33. The maximum atomic E-state index is 7.04. The molecule has 0 bridgehead atoms. The van der Waals surface area contributed by atoms with Crippen LogP contribution >= 0.6 is 11.3 Å². The van der Waals surface area contributed by atoms with Gasteiger partial charge in [0.2, 0.25) is 0 Å². The molecule has 3 aliphatic heterocycles. The summed E-state index contributed by atoms with van der Waals surface area (Å²) in [5.74, 6) is 0. The molecule has 0 radical (unpaired) electrons. The summed E-state index contributed by atoms with van der Waals surface area (Å²) in [5.41, 5.74) is 21.8. The van der Waals surface area contributed by atoms with Crippen LogP contribution in [-0.2, 0) is 10.8 Å². The second-order valence-electron chi connectivity index (χ2n) is 22.8. The molecule has 11 aromatic rings. The molecule has 2 aromatic heterocycles. The molecule has 2 unspecified atom stereocenters. The molecule has 4 aliphatic rings. The van der Waals surface area contributed by atoms with Crippen LogP contribution in [0.1, 0.15) is 77.0 Å². The van der Waals surface area contributed by atoms with Gasteiger partial charge in [0.15, 0.2) is 5.58 Å². The van der Waals surface area contributed by atoms with Crippen LogP contribution in [0.2, 0.25) is 0 Å². The van der Waals surface area contributed by atoms with Gasteiger partial charge in [0.1, 0.15) is 5.58 Å². The van der Waals surface area contributed by atoms with Gasteiger partial charge in [-0.2, -0.15) is 0 Å². The highest BCUT2D eigenvalue weighted by molar-refractivity contribution is 7.26. The lowest BCUT2D eigenvalue weighted by Gasteiger charge is -2.50. The summed E-state index contributed by atoms with van der Waals surface area (Å²) in [7, 11) is 0. The average molecular weight is 962 g/mol. The minimum atomic E-state index is -0.117. The predicted octanol–water partition coefficient (Wildman–Crippen LogP) is 17.1. The lowest BCUT2D eigenvalue weighted by Crippen LogP contribution is -2.61. The van der Waals surface area contributed by atoms with E-state index >= 15 is 0 Å². The molecule has 73 heavy (non-hydrogen) atoms. The van der Waals surface area contributed by atoms with Crippen molar-refractivity contribution in [1.29, 1.82) is 0 Å². The summed E-state index contributed by atoms with van der Waals surface area (Å²) >= 11 is 1.88. The fourth-order valence-corrected chi connectivity index (χ4v) is 15.2. The Kier molecular flexibility index (Phi) is 9.00. The van der Waals surface area contributed by atoms with Gasteiger partial charge in [-0.25, -0.2) is 0 Å². The molecule has 6 heteroatoms. The van der Waals surface area contributed by atoms with Crippen molar-refractivity contribution in [1.82, 2.24) is 0 Å². The van der Waals surface area contributed by atoms with Crippen molar-refractivity contribution in [3.05, 3.63) is 199 Å². The highest BCUT2D eigenvalue weighted by Gasteiger charge is 2.58. The predicted molar refractivity (Wildman–Crippen MR) is 312 cm³/mol. The van der Waals surface area contributed by atoms with Gasteiger partial charge in [0, 0.05) is 70.5 Å². The molecule has 2 atom stereocenters. The smallest absolute Gasteiger partial charge is 0.252 e. The van der Waals surface area contributed by atoms with Gasteiger partial charge in [0.25, 0.3) is 6.71 Å². The number of hydrogen-bond acceptors (Lipinski definition) is 5. The number of benzene rings is 9. The summed E-state index contributed by atoms with van der Waals surface area (Å²) in [6.07, 6.45) is 4.78. The first-order valence-electron chi connectivity index (χ1n) is 26.3. The monoisotopic (exact) mass is 961 g/mol.